The lowest BCUT2D eigenvalue weighted by Gasteiger charge is -2.30. The molecule has 2 rings (SSSR count). The van der Waals surface area contributed by atoms with Crippen LogP contribution in [-0.4, -0.2) is 38.4 Å². The first-order chi connectivity index (χ1) is 8.79. The molecule has 1 saturated heterocycles. The second-order valence-electron chi connectivity index (χ2n) is 4.73. The number of carbonyl (C=O) groups excluding carboxylic acids is 1. The maximum absolute atomic E-state index is 12.3. The van der Waals surface area contributed by atoms with Crippen LogP contribution < -0.4 is 10.9 Å². The summed E-state index contributed by atoms with van der Waals surface area (Å²) < 4.78 is 22.7. The predicted octanol–water partition coefficient (Wildman–Crippen LogP) is 0.267. The van der Waals surface area contributed by atoms with Gasteiger partial charge in [0, 0.05) is 24.0 Å². The van der Waals surface area contributed by atoms with Crippen molar-refractivity contribution in [3.8, 4) is 0 Å². The zero-order valence-electron chi connectivity index (χ0n) is 10.6. The maximum atomic E-state index is 12.3. The minimum Gasteiger partial charge on any atom is -0.336 e. The molecular formula is C11H17N3O3S2. The number of likely N-dealkylation sites (tertiary alicyclic amines) is 1. The molecule has 0 aromatic carbocycles. The topological polar surface area (TPSA) is 106 Å². The number of sulfonamides is 1. The van der Waals surface area contributed by atoms with Crippen molar-refractivity contribution < 1.29 is 13.2 Å². The SMILES string of the molecule is Cc1sc(C(=O)N2CCC[C@@H](N)C2)cc1S(N)(=O)=O. The van der Waals surface area contributed by atoms with E-state index in [-0.39, 0.29) is 16.8 Å². The summed E-state index contributed by atoms with van der Waals surface area (Å²) >= 11 is 1.15. The number of piperidine rings is 1. The fourth-order valence-corrected chi connectivity index (χ4v) is 4.32. The van der Waals surface area contributed by atoms with E-state index >= 15 is 0 Å². The summed E-state index contributed by atoms with van der Waals surface area (Å²) in [5.74, 6) is -0.168. The number of hydrogen-bond acceptors (Lipinski definition) is 5. The number of carbonyl (C=O) groups is 1. The first kappa shape index (κ1) is 14.4. The lowest BCUT2D eigenvalue weighted by Crippen LogP contribution is -2.45. The van der Waals surface area contributed by atoms with Crippen molar-refractivity contribution in [1.82, 2.24) is 4.90 Å². The summed E-state index contributed by atoms with van der Waals surface area (Å²) in [5.41, 5.74) is 5.84. The van der Waals surface area contributed by atoms with Gasteiger partial charge in [-0.1, -0.05) is 0 Å². The molecule has 19 heavy (non-hydrogen) atoms. The van der Waals surface area contributed by atoms with Crippen LogP contribution in [0.1, 0.15) is 27.4 Å². The van der Waals surface area contributed by atoms with Gasteiger partial charge in [0.1, 0.15) is 0 Å². The Labute approximate surface area is 116 Å². The molecule has 1 aromatic heterocycles. The molecule has 106 valence electrons. The van der Waals surface area contributed by atoms with E-state index in [0.29, 0.717) is 22.8 Å². The summed E-state index contributed by atoms with van der Waals surface area (Å²) in [7, 11) is -3.77. The third kappa shape index (κ3) is 3.14. The van der Waals surface area contributed by atoms with Gasteiger partial charge in [-0.25, -0.2) is 13.6 Å². The monoisotopic (exact) mass is 303 g/mol. The van der Waals surface area contributed by atoms with E-state index in [4.69, 9.17) is 10.9 Å². The van der Waals surface area contributed by atoms with Crippen molar-refractivity contribution in [2.75, 3.05) is 13.1 Å². The molecule has 0 radical (unpaired) electrons. The summed E-state index contributed by atoms with van der Waals surface area (Å²) in [5, 5.41) is 5.11. The minimum absolute atomic E-state index is 0.00327. The molecule has 0 aliphatic carbocycles. The number of rotatable bonds is 2. The molecule has 1 amide bonds. The lowest BCUT2D eigenvalue weighted by molar-refractivity contribution is 0.0713. The van der Waals surface area contributed by atoms with Crippen molar-refractivity contribution in [2.24, 2.45) is 10.9 Å². The van der Waals surface area contributed by atoms with Gasteiger partial charge in [0.2, 0.25) is 10.0 Å². The van der Waals surface area contributed by atoms with E-state index < -0.39 is 10.0 Å². The number of nitrogens with zero attached hydrogens (tertiary/aromatic N) is 1. The molecule has 0 bridgehead atoms. The zero-order chi connectivity index (χ0) is 14.2. The van der Waals surface area contributed by atoms with Gasteiger partial charge in [-0.3, -0.25) is 4.79 Å². The van der Waals surface area contributed by atoms with Gasteiger partial charge in [-0.2, -0.15) is 0 Å². The first-order valence-electron chi connectivity index (χ1n) is 5.97. The molecule has 1 aliphatic rings. The molecule has 6 nitrogen and oxygen atoms in total. The van der Waals surface area contributed by atoms with Crippen molar-refractivity contribution in [1.29, 1.82) is 0 Å². The quantitative estimate of drug-likeness (QED) is 0.817. The Morgan fingerprint density at radius 3 is 2.74 bits per heavy atom. The van der Waals surface area contributed by atoms with E-state index in [1.54, 1.807) is 11.8 Å². The summed E-state index contributed by atoms with van der Waals surface area (Å²) in [6, 6.07) is 1.36. The fraction of sp³-hybridized carbons (Fsp3) is 0.545. The molecule has 0 unspecified atom stereocenters. The van der Waals surface area contributed by atoms with Crippen molar-refractivity contribution in [2.45, 2.75) is 30.7 Å². The molecule has 8 heteroatoms. The van der Waals surface area contributed by atoms with Gasteiger partial charge < -0.3 is 10.6 Å². The normalized spacial score (nSPS) is 20.6. The van der Waals surface area contributed by atoms with E-state index in [2.05, 4.69) is 0 Å². The van der Waals surface area contributed by atoms with E-state index in [1.165, 1.54) is 6.07 Å². The van der Waals surface area contributed by atoms with Crippen LogP contribution in [0.5, 0.6) is 0 Å². The Kier molecular flexibility index (Phi) is 3.95. The second kappa shape index (κ2) is 5.20. The zero-order valence-corrected chi connectivity index (χ0v) is 12.3. The standard InChI is InChI=1S/C11H17N3O3S2/c1-7-10(19(13,16)17)5-9(18-7)11(15)14-4-2-3-8(12)6-14/h5,8H,2-4,6,12H2,1H3,(H2,13,16,17)/t8-/m1/s1. The molecule has 1 aromatic rings. The number of nitrogens with two attached hydrogens (primary N) is 2. The maximum Gasteiger partial charge on any atom is 0.264 e. The third-order valence-electron chi connectivity index (χ3n) is 3.13. The van der Waals surface area contributed by atoms with Gasteiger partial charge in [-0.15, -0.1) is 11.3 Å². The largest absolute Gasteiger partial charge is 0.336 e. The number of aryl methyl sites for hydroxylation is 1. The van der Waals surface area contributed by atoms with Gasteiger partial charge in [-0.05, 0) is 25.8 Å². The van der Waals surface area contributed by atoms with Gasteiger partial charge in [0.05, 0.1) is 9.77 Å². The number of thiophene rings is 1. The third-order valence-corrected chi connectivity index (χ3v) is 5.34. The van der Waals surface area contributed by atoms with Crippen molar-refractivity contribution in [3.63, 3.8) is 0 Å². The second-order valence-corrected chi connectivity index (χ2v) is 7.52. The molecule has 0 spiro atoms. The van der Waals surface area contributed by atoms with Crippen molar-refractivity contribution >= 4 is 27.3 Å². The Balaban J connectivity index is 2.25. The minimum atomic E-state index is -3.77. The highest BCUT2D eigenvalue weighted by Crippen LogP contribution is 2.26. The molecule has 0 saturated carbocycles. The summed E-state index contributed by atoms with van der Waals surface area (Å²) in [4.78, 5) is 14.9. The molecule has 4 N–H and O–H groups in total. The first-order valence-corrected chi connectivity index (χ1v) is 8.33. The van der Waals surface area contributed by atoms with Crippen LogP contribution in [0.3, 0.4) is 0 Å². The number of amides is 1. The molecule has 1 atom stereocenters. The Morgan fingerprint density at radius 1 is 1.53 bits per heavy atom. The fourth-order valence-electron chi connectivity index (χ4n) is 2.20. The molecule has 1 aliphatic heterocycles. The van der Waals surface area contributed by atoms with Gasteiger partial charge in [0.25, 0.3) is 5.91 Å². The summed E-state index contributed by atoms with van der Waals surface area (Å²) in [6.07, 6.45) is 1.79. The molecule has 1 fully saturated rings. The van der Waals surface area contributed by atoms with Gasteiger partial charge >= 0.3 is 0 Å². The van der Waals surface area contributed by atoms with Crippen LogP contribution in [0.15, 0.2) is 11.0 Å². The van der Waals surface area contributed by atoms with Crippen LogP contribution in [0, 0.1) is 6.92 Å². The van der Waals surface area contributed by atoms with Crippen LogP contribution in [0.4, 0.5) is 0 Å². The average molecular weight is 303 g/mol. The highest BCUT2D eigenvalue weighted by Gasteiger charge is 2.25. The highest BCUT2D eigenvalue weighted by atomic mass is 32.2. The Hall–Kier alpha value is -0.960. The van der Waals surface area contributed by atoms with Crippen LogP contribution in [-0.2, 0) is 10.0 Å². The van der Waals surface area contributed by atoms with E-state index in [0.717, 1.165) is 24.2 Å². The van der Waals surface area contributed by atoms with Crippen LogP contribution in [0.2, 0.25) is 0 Å². The van der Waals surface area contributed by atoms with Crippen LogP contribution in [0.25, 0.3) is 0 Å². The highest BCUT2D eigenvalue weighted by molar-refractivity contribution is 7.89. The smallest absolute Gasteiger partial charge is 0.264 e. The van der Waals surface area contributed by atoms with Crippen molar-refractivity contribution in [3.05, 3.63) is 15.8 Å². The number of primary sulfonamides is 1. The van der Waals surface area contributed by atoms with Gasteiger partial charge in [0.15, 0.2) is 0 Å². The number of hydrogen-bond donors (Lipinski definition) is 2. The molecule has 2 heterocycles. The Bertz CT molecular complexity index is 594. The predicted molar refractivity (Wildman–Crippen MR) is 73.5 cm³/mol. The molecular weight excluding hydrogens is 286 g/mol. The lowest BCUT2D eigenvalue weighted by atomic mass is 10.1. The summed E-state index contributed by atoms with van der Waals surface area (Å²) in [6.45, 7) is 2.82. The van der Waals surface area contributed by atoms with Crippen LogP contribution >= 0.6 is 11.3 Å². The Morgan fingerprint density at radius 2 is 2.21 bits per heavy atom. The van der Waals surface area contributed by atoms with E-state index in [9.17, 15) is 13.2 Å². The van der Waals surface area contributed by atoms with E-state index in [1.807, 2.05) is 0 Å². The average Bonchev–Trinajstić information content (AvgIpc) is 2.70.